The Morgan fingerprint density at radius 3 is 0.871 bits per heavy atom. The molecule has 0 aromatic carbocycles. The first-order valence-corrected chi connectivity index (χ1v) is 30.6. The molecule has 0 saturated heterocycles. The number of rotatable bonds is 56. The standard InChI is InChI=1S/C64H116O6/c1-4-7-10-13-16-19-22-24-26-28-30-31-32-33-34-36-37-39-42-45-48-51-54-57-63(66)69-60-61(59-68-62(65)56-53-50-47-44-41-21-18-15-12-9-6-3)70-64(67)58-55-52-49-46-43-40-38-35-29-27-25-23-20-17-14-11-8-5-2/h7,10,16,19,24,26,30-31,61H,4-6,8-9,11-15,17-18,20-23,25,27-29,32-60H2,1-3H3/b10-7-,19-16-,26-24-,31-30-. The lowest BCUT2D eigenvalue weighted by atomic mass is 10.0. The van der Waals surface area contributed by atoms with E-state index in [2.05, 4.69) is 69.4 Å². The monoisotopic (exact) mass is 981 g/mol. The Morgan fingerprint density at radius 1 is 0.300 bits per heavy atom. The Morgan fingerprint density at radius 2 is 0.557 bits per heavy atom. The van der Waals surface area contributed by atoms with Crippen LogP contribution in [0.4, 0.5) is 0 Å². The second kappa shape index (κ2) is 58.9. The van der Waals surface area contributed by atoms with Crippen LogP contribution in [0.3, 0.4) is 0 Å². The van der Waals surface area contributed by atoms with Crippen LogP contribution in [0.5, 0.6) is 0 Å². The molecule has 0 heterocycles. The number of allylic oxidation sites excluding steroid dienone is 8. The summed E-state index contributed by atoms with van der Waals surface area (Å²) in [5.74, 6) is -0.854. The van der Waals surface area contributed by atoms with Crippen LogP contribution in [0.2, 0.25) is 0 Å². The topological polar surface area (TPSA) is 78.9 Å². The van der Waals surface area contributed by atoms with Crippen LogP contribution in [0.1, 0.15) is 323 Å². The van der Waals surface area contributed by atoms with Crippen molar-refractivity contribution >= 4 is 17.9 Å². The first kappa shape index (κ1) is 67.4. The van der Waals surface area contributed by atoms with E-state index in [4.69, 9.17) is 14.2 Å². The molecule has 0 saturated carbocycles. The quantitative estimate of drug-likeness (QED) is 0.0261. The van der Waals surface area contributed by atoms with Gasteiger partial charge in [-0.3, -0.25) is 14.4 Å². The number of hydrogen-bond acceptors (Lipinski definition) is 6. The van der Waals surface area contributed by atoms with E-state index >= 15 is 0 Å². The summed E-state index contributed by atoms with van der Waals surface area (Å²) >= 11 is 0. The van der Waals surface area contributed by atoms with E-state index in [1.54, 1.807) is 0 Å². The van der Waals surface area contributed by atoms with Crippen molar-refractivity contribution in [2.45, 2.75) is 329 Å². The SMILES string of the molecule is CC/C=C\C/C=C\C/C=C\C/C=C\CCCCCCCCCCCCC(=O)OCC(COC(=O)CCCCCCCCCCCCC)OC(=O)CCCCCCCCCCCCCCCCCCCC. The third-order valence-corrected chi connectivity index (χ3v) is 13.6. The van der Waals surface area contributed by atoms with Gasteiger partial charge in [-0.2, -0.15) is 0 Å². The molecule has 0 N–H and O–H groups in total. The van der Waals surface area contributed by atoms with E-state index in [0.29, 0.717) is 19.3 Å². The van der Waals surface area contributed by atoms with E-state index in [-0.39, 0.29) is 31.1 Å². The van der Waals surface area contributed by atoms with E-state index < -0.39 is 6.10 Å². The Labute approximate surface area is 435 Å². The molecule has 0 aliphatic carbocycles. The van der Waals surface area contributed by atoms with Gasteiger partial charge in [-0.05, 0) is 57.8 Å². The predicted molar refractivity (Wildman–Crippen MR) is 302 cm³/mol. The van der Waals surface area contributed by atoms with Gasteiger partial charge in [0.05, 0.1) is 0 Å². The fraction of sp³-hybridized carbons (Fsp3) is 0.828. The molecular weight excluding hydrogens is 865 g/mol. The number of ether oxygens (including phenoxy) is 3. The van der Waals surface area contributed by atoms with Crippen LogP contribution < -0.4 is 0 Å². The van der Waals surface area contributed by atoms with Gasteiger partial charge in [-0.1, -0.05) is 294 Å². The van der Waals surface area contributed by atoms with E-state index in [9.17, 15) is 14.4 Å². The summed E-state index contributed by atoms with van der Waals surface area (Å²) in [4.78, 5) is 38.2. The summed E-state index contributed by atoms with van der Waals surface area (Å²) in [5, 5.41) is 0. The Hall–Kier alpha value is -2.63. The molecule has 408 valence electrons. The van der Waals surface area contributed by atoms with Crippen molar-refractivity contribution in [3.8, 4) is 0 Å². The molecule has 6 heteroatoms. The van der Waals surface area contributed by atoms with Gasteiger partial charge < -0.3 is 14.2 Å². The van der Waals surface area contributed by atoms with Crippen LogP contribution >= 0.6 is 0 Å². The number of hydrogen-bond donors (Lipinski definition) is 0. The molecule has 0 aliphatic rings. The largest absolute Gasteiger partial charge is 0.462 e. The Balaban J connectivity index is 4.26. The molecule has 0 spiro atoms. The summed E-state index contributed by atoms with van der Waals surface area (Å²) in [6.45, 7) is 6.57. The fourth-order valence-corrected chi connectivity index (χ4v) is 9.02. The summed E-state index contributed by atoms with van der Waals surface area (Å²) < 4.78 is 16.9. The zero-order valence-corrected chi connectivity index (χ0v) is 46.8. The number of esters is 3. The number of carbonyl (C=O) groups is 3. The zero-order chi connectivity index (χ0) is 50.7. The lowest BCUT2D eigenvalue weighted by Crippen LogP contribution is -2.30. The molecule has 1 atom stereocenters. The average Bonchev–Trinajstić information content (AvgIpc) is 3.36. The maximum atomic E-state index is 12.9. The maximum Gasteiger partial charge on any atom is 0.306 e. The van der Waals surface area contributed by atoms with E-state index in [0.717, 1.165) is 83.5 Å². The van der Waals surface area contributed by atoms with Crippen molar-refractivity contribution < 1.29 is 28.6 Å². The first-order valence-electron chi connectivity index (χ1n) is 30.6. The van der Waals surface area contributed by atoms with Crippen molar-refractivity contribution in [3.05, 3.63) is 48.6 Å². The molecular formula is C64H116O6. The average molecular weight is 982 g/mol. The summed E-state index contributed by atoms with van der Waals surface area (Å²) in [5.41, 5.74) is 0. The van der Waals surface area contributed by atoms with Gasteiger partial charge in [-0.15, -0.1) is 0 Å². The molecule has 0 radical (unpaired) electrons. The molecule has 1 unspecified atom stereocenters. The highest BCUT2D eigenvalue weighted by Gasteiger charge is 2.19. The minimum atomic E-state index is -0.770. The van der Waals surface area contributed by atoms with E-state index in [1.807, 2.05) is 0 Å². The third kappa shape index (κ3) is 56.3. The van der Waals surface area contributed by atoms with Crippen molar-refractivity contribution in [2.24, 2.45) is 0 Å². The smallest absolute Gasteiger partial charge is 0.306 e. The van der Waals surface area contributed by atoms with Gasteiger partial charge in [0.15, 0.2) is 6.10 Å². The molecule has 0 rings (SSSR count). The van der Waals surface area contributed by atoms with Crippen LogP contribution in [0.25, 0.3) is 0 Å². The van der Waals surface area contributed by atoms with Crippen LogP contribution in [0, 0.1) is 0 Å². The summed E-state index contributed by atoms with van der Waals surface area (Å²) in [7, 11) is 0. The highest BCUT2D eigenvalue weighted by molar-refractivity contribution is 5.71. The van der Waals surface area contributed by atoms with Gasteiger partial charge in [0.1, 0.15) is 13.2 Å². The highest BCUT2D eigenvalue weighted by atomic mass is 16.6. The van der Waals surface area contributed by atoms with Gasteiger partial charge >= 0.3 is 17.9 Å². The van der Waals surface area contributed by atoms with E-state index in [1.165, 1.54) is 199 Å². The maximum absolute atomic E-state index is 12.9. The molecule has 6 nitrogen and oxygen atoms in total. The zero-order valence-electron chi connectivity index (χ0n) is 46.8. The van der Waals surface area contributed by atoms with Crippen molar-refractivity contribution in [1.29, 1.82) is 0 Å². The molecule has 0 fully saturated rings. The lowest BCUT2D eigenvalue weighted by molar-refractivity contribution is -0.167. The van der Waals surface area contributed by atoms with Crippen LogP contribution in [-0.4, -0.2) is 37.2 Å². The Bertz CT molecular complexity index is 1220. The Kier molecular flexibility index (Phi) is 56.7. The van der Waals surface area contributed by atoms with Gasteiger partial charge in [0.25, 0.3) is 0 Å². The molecule has 70 heavy (non-hydrogen) atoms. The lowest BCUT2D eigenvalue weighted by Gasteiger charge is -2.18. The molecule has 0 aromatic heterocycles. The summed E-state index contributed by atoms with van der Waals surface area (Å²) in [6.07, 6.45) is 72.5. The van der Waals surface area contributed by atoms with Gasteiger partial charge in [0.2, 0.25) is 0 Å². The third-order valence-electron chi connectivity index (χ3n) is 13.6. The van der Waals surface area contributed by atoms with Gasteiger partial charge in [-0.25, -0.2) is 0 Å². The minimum Gasteiger partial charge on any atom is -0.462 e. The molecule has 0 aromatic rings. The molecule has 0 bridgehead atoms. The van der Waals surface area contributed by atoms with Crippen molar-refractivity contribution in [2.75, 3.05) is 13.2 Å². The second-order valence-corrected chi connectivity index (χ2v) is 20.6. The number of carbonyl (C=O) groups excluding carboxylic acids is 3. The summed E-state index contributed by atoms with van der Waals surface area (Å²) in [6, 6.07) is 0. The minimum absolute atomic E-state index is 0.0691. The van der Waals surface area contributed by atoms with Gasteiger partial charge in [0, 0.05) is 19.3 Å². The number of unbranched alkanes of at least 4 members (excludes halogenated alkanes) is 37. The predicted octanol–water partition coefficient (Wildman–Crippen LogP) is 20.6. The van der Waals surface area contributed by atoms with Crippen LogP contribution in [0.15, 0.2) is 48.6 Å². The molecule has 0 amide bonds. The van der Waals surface area contributed by atoms with Crippen molar-refractivity contribution in [3.63, 3.8) is 0 Å². The fourth-order valence-electron chi connectivity index (χ4n) is 9.02. The highest BCUT2D eigenvalue weighted by Crippen LogP contribution is 2.17. The first-order chi connectivity index (χ1) is 34.5. The molecule has 0 aliphatic heterocycles. The second-order valence-electron chi connectivity index (χ2n) is 20.6. The van der Waals surface area contributed by atoms with Crippen molar-refractivity contribution in [1.82, 2.24) is 0 Å². The normalized spacial score (nSPS) is 12.3. The van der Waals surface area contributed by atoms with Crippen LogP contribution in [-0.2, 0) is 28.6 Å².